The average molecular weight is 273 g/mol. The van der Waals surface area contributed by atoms with Gasteiger partial charge in [0, 0.05) is 11.6 Å². The van der Waals surface area contributed by atoms with Gasteiger partial charge in [-0.1, -0.05) is 12.8 Å². The summed E-state index contributed by atoms with van der Waals surface area (Å²) in [6.45, 7) is 2.62. The second-order valence-electron chi connectivity index (χ2n) is 5.93. The van der Waals surface area contributed by atoms with Gasteiger partial charge in [0.05, 0.1) is 12.6 Å². The predicted molar refractivity (Wildman–Crippen MR) is 79.2 cm³/mol. The SMILES string of the molecule is CCOc1ccc(C(=O)C2CC3CCCCC3N2)cc1. The molecule has 3 nitrogen and oxygen atoms in total. The fourth-order valence-corrected chi connectivity index (χ4v) is 3.60. The van der Waals surface area contributed by atoms with Crippen LogP contribution in [0.3, 0.4) is 0 Å². The van der Waals surface area contributed by atoms with Crippen molar-refractivity contribution in [2.45, 2.75) is 51.1 Å². The van der Waals surface area contributed by atoms with Crippen LogP contribution in [0.25, 0.3) is 0 Å². The lowest BCUT2D eigenvalue weighted by Crippen LogP contribution is -2.37. The molecule has 0 aromatic heterocycles. The Hall–Kier alpha value is -1.35. The number of Topliss-reactive ketones (excluding diaryl/α,β-unsaturated/α-hetero) is 1. The van der Waals surface area contributed by atoms with Gasteiger partial charge >= 0.3 is 0 Å². The van der Waals surface area contributed by atoms with Crippen LogP contribution in [0.4, 0.5) is 0 Å². The zero-order chi connectivity index (χ0) is 13.9. The van der Waals surface area contributed by atoms with Gasteiger partial charge in [0.25, 0.3) is 0 Å². The van der Waals surface area contributed by atoms with Crippen molar-refractivity contribution in [2.24, 2.45) is 5.92 Å². The lowest BCUT2D eigenvalue weighted by molar-refractivity contribution is 0.0949. The summed E-state index contributed by atoms with van der Waals surface area (Å²) >= 11 is 0. The van der Waals surface area contributed by atoms with Crippen LogP contribution in [0.2, 0.25) is 0 Å². The van der Waals surface area contributed by atoms with Crippen LogP contribution in [-0.4, -0.2) is 24.5 Å². The van der Waals surface area contributed by atoms with Gasteiger partial charge in [-0.05, 0) is 56.4 Å². The Labute approximate surface area is 120 Å². The minimum absolute atomic E-state index is 0.0149. The molecule has 3 atom stereocenters. The van der Waals surface area contributed by atoms with E-state index in [1.807, 2.05) is 31.2 Å². The van der Waals surface area contributed by atoms with E-state index in [-0.39, 0.29) is 11.8 Å². The molecule has 3 heteroatoms. The van der Waals surface area contributed by atoms with Gasteiger partial charge in [0.1, 0.15) is 5.75 Å². The molecule has 108 valence electrons. The van der Waals surface area contributed by atoms with E-state index < -0.39 is 0 Å². The summed E-state index contributed by atoms with van der Waals surface area (Å²) < 4.78 is 5.42. The first-order valence-corrected chi connectivity index (χ1v) is 7.81. The summed E-state index contributed by atoms with van der Waals surface area (Å²) in [5.41, 5.74) is 0.796. The van der Waals surface area contributed by atoms with E-state index in [0.29, 0.717) is 18.6 Å². The summed E-state index contributed by atoms with van der Waals surface area (Å²) in [5.74, 6) is 1.78. The third-order valence-electron chi connectivity index (χ3n) is 4.63. The highest BCUT2D eigenvalue weighted by molar-refractivity contribution is 6.00. The molecule has 2 fully saturated rings. The number of nitrogens with one attached hydrogen (secondary N) is 1. The van der Waals surface area contributed by atoms with E-state index in [2.05, 4.69) is 5.32 Å². The molecule has 0 bridgehead atoms. The van der Waals surface area contributed by atoms with Crippen LogP contribution < -0.4 is 10.1 Å². The largest absolute Gasteiger partial charge is 0.494 e. The fraction of sp³-hybridized carbons (Fsp3) is 0.588. The van der Waals surface area contributed by atoms with E-state index in [4.69, 9.17) is 4.74 Å². The monoisotopic (exact) mass is 273 g/mol. The standard InChI is InChI=1S/C17H23NO2/c1-2-20-14-9-7-12(8-10-14)17(19)16-11-13-5-3-4-6-15(13)18-16/h7-10,13,15-16,18H,2-6,11H2,1H3. The molecule has 0 spiro atoms. The van der Waals surface area contributed by atoms with Crippen molar-refractivity contribution in [3.63, 3.8) is 0 Å². The lowest BCUT2D eigenvalue weighted by atomic mass is 9.84. The zero-order valence-corrected chi connectivity index (χ0v) is 12.1. The van der Waals surface area contributed by atoms with Gasteiger partial charge in [0.2, 0.25) is 0 Å². The number of hydrogen-bond acceptors (Lipinski definition) is 3. The van der Waals surface area contributed by atoms with Crippen LogP contribution in [0.1, 0.15) is 49.4 Å². The number of carbonyl (C=O) groups excluding carboxylic acids is 1. The maximum Gasteiger partial charge on any atom is 0.179 e. The van der Waals surface area contributed by atoms with E-state index in [9.17, 15) is 4.79 Å². The van der Waals surface area contributed by atoms with E-state index in [1.165, 1.54) is 25.7 Å². The molecule has 1 N–H and O–H groups in total. The number of ketones is 1. The Morgan fingerprint density at radius 1 is 1.25 bits per heavy atom. The summed E-state index contributed by atoms with van der Waals surface area (Å²) in [5, 5.41) is 3.55. The van der Waals surface area contributed by atoms with Crippen molar-refractivity contribution < 1.29 is 9.53 Å². The molecular formula is C17H23NO2. The molecule has 0 radical (unpaired) electrons. The van der Waals surface area contributed by atoms with Crippen LogP contribution in [0.15, 0.2) is 24.3 Å². The highest BCUT2D eigenvalue weighted by Gasteiger charge is 2.38. The molecular weight excluding hydrogens is 250 g/mol. The highest BCUT2D eigenvalue weighted by Crippen LogP contribution is 2.34. The maximum atomic E-state index is 12.6. The third-order valence-corrected chi connectivity index (χ3v) is 4.63. The molecule has 1 saturated heterocycles. The fourth-order valence-electron chi connectivity index (χ4n) is 3.60. The van der Waals surface area contributed by atoms with Crippen molar-refractivity contribution >= 4 is 5.78 Å². The maximum absolute atomic E-state index is 12.6. The first-order valence-electron chi connectivity index (χ1n) is 7.81. The molecule has 0 amide bonds. The quantitative estimate of drug-likeness (QED) is 0.856. The van der Waals surface area contributed by atoms with Gasteiger partial charge < -0.3 is 10.1 Å². The normalized spacial score (nSPS) is 28.9. The van der Waals surface area contributed by atoms with Gasteiger partial charge in [-0.3, -0.25) is 4.79 Å². The lowest BCUT2D eigenvalue weighted by Gasteiger charge is -2.24. The minimum Gasteiger partial charge on any atom is -0.494 e. The number of hydrogen-bond donors (Lipinski definition) is 1. The number of fused-ring (bicyclic) bond motifs is 1. The van der Waals surface area contributed by atoms with Crippen molar-refractivity contribution in [1.82, 2.24) is 5.32 Å². The van der Waals surface area contributed by atoms with Gasteiger partial charge in [0.15, 0.2) is 5.78 Å². The minimum atomic E-state index is 0.0149. The summed E-state index contributed by atoms with van der Waals surface area (Å²) in [4.78, 5) is 12.6. The summed E-state index contributed by atoms with van der Waals surface area (Å²) in [7, 11) is 0. The van der Waals surface area contributed by atoms with Gasteiger partial charge in [-0.2, -0.15) is 0 Å². The first-order chi connectivity index (χ1) is 9.78. The second-order valence-corrected chi connectivity index (χ2v) is 5.93. The van der Waals surface area contributed by atoms with Crippen LogP contribution >= 0.6 is 0 Å². The summed E-state index contributed by atoms with van der Waals surface area (Å²) in [6, 6.07) is 8.13. The number of rotatable bonds is 4. The molecule has 2 aliphatic rings. The average Bonchev–Trinajstić information content (AvgIpc) is 2.91. The molecule has 1 aromatic rings. The molecule has 3 rings (SSSR count). The molecule has 20 heavy (non-hydrogen) atoms. The second kappa shape index (κ2) is 5.96. The number of carbonyl (C=O) groups is 1. The van der Waals surface area contributed by atoms with Crippen molar-refractivity contribution in [3.8, 4) is 5.75 Å². The Balaban J connectivity index is 1.66. The Bertz CT molecular complexity index is 454. The number of ether oxygens (including phenoxy) is 1. The van der Waals surface area contributed by atoms with Crippen LogP contribution in [0.5, 0.6) is 5.75 Å². The van der Waals surface area contributed by atoms with Gasteiger partial charge in [-0.25, -0.2) is 0 Å². The molecule has 1 aromatic carbocycles. The van der Waals surface area contributed by atoms with Crippen LogP contribution in [-0.2, 0) is 0 Å². The van der Waals surface area contributed by atoms with Crippen molar-refractivity contribution in [2.75, 3.05) is 6.61 Å². The topological polar surface area (TPSA) is 38.3 Å². The smallest absolute Gasteiger partial charge is 0.179 e. The zero-order valence-electron chi connectivity index (χ0n) is 12.1. The Morgan fingerprint density at radius 2 is 2.00 bits per heavy atom. The van der Waals surface area contributed by atoms with E-state index in [1.54, 1.807) is 0 Å². The molecule has 1 heterocycles. The number of benzene rings is 1. The molecule has 1 aliphatic carbocycles. The molecule has 3 unspecified atom stereocenters. The Kier molecular flexibility index (Phi) is 4.06. The Morgan fingerprint density at radius 3 is 2.70 bits per heavy atom. The summed E-state index contributed by atoms with van der Waals surface area (Å²) in [6.07, 6.45) is 6.16. The van der Waals surface area contributed by atoms with Crippen molar-refractivity contribution in [3.05, 3.63) is 29.8 Å². The van der Waals surface area contributed by atoms with Crippen molar-refractivity contribution in [1.29, 1.82) is 0 Å². The predicted octanol–water partition coefficient (Wildman–Crippen LogP) is 3.19. The molecule has 1 saturated carbocycles. The first kappa shape index (κ1) is 13.6. The third kappa shape index (κ3) is 2.73. The van der Waals surface area contributed by atoms with Gasteiger partial charge in [-0.15, -0.1) is 0 Å². The highest BCUT2D eigenvalue weighted by atomic mass is 16.5. The molecule has 1 aliphatic heterocycles. The van der Waals surface area contributed by atoms with Crippen LogP contribution in [0, 0.1) is 5.92 Å². The van der Waals surface area contributed by atoms with E-state index in [0.717, 1.165) is 17.7 Å². The van der Waals surface area contributed by atoms with E-state index >= 15 is 0 Å².